The third-order valence-corrected chi connectivity index (χ3v) is 3.70. The highest BCUT2D eigenvalue weighted by Gasteiger charge is 2.32. The molecule has 0 unspecified atom stereocenters. The van der Waals surface area contributed by atoms with E-state index in [2.05, 4.69) is 65.0 Å². The van der Waals surface area contributed by atoms with Gasteiger partial charge in [-0.25, -0.2) is 0 Å². The smallest absolute Gasteiger partial charge is 0.0806 e. The highest BCUT2D eigenvalue weighted by atomic mass is 79.9. The molecule has 0 saturated carbocycles. The molecule has 1 aromatic carbocycles. The predicted octanol–water partition coefficient (Wildman–Crippen LogP) is 3.06. The summed E-state index contributed by atoms with van der Waals surface area (Å²) in [6, 6.07) is 10.6. The zero-order chi connectivity index (χ0) is 12.3. The molecule has 17 heavy (non-hydrogen) atoms. The Hall–Kier alpha value is -0.380. The van der Waals surface area contributed by atoms with Gasteiger partial charge in [0, 0.05) is 25.0 Å². The summed E-state index contributed by atoms with van der Waals surface area (Å²) in [4.78, 5) is 2.48. The van der Waals surface area contributed by atoms with Crippen LogP contribution in [0.2, 0.25) is 0 Å². The van der Waals surface area contributed by atoms with Gasteiger partial charge in [0.25, 0.3) is 0 Å². The SMILES string of the molecule is CC1(C)CN(Cc2ccccc2)C[C@H](CBr)O1. The van der Waals surface area contributed by atoms with E-state index in [1.807, 2.05) is 0 Å². The second-order valence-corrected chi connectivity index (χ2v) is 5.96. The quantitative estimate of drug-likeness (QED) is 0.795. The maximum Gasteiger partial charge on any atom is 0.0806 e. The first kappa shape index (κ1) is 13.1. The fourth-order valence-electron chi connectivity index (χ4n) is 2.46. The Morgan fingerprint density at radius 1 is 1.35 bits per heavy atom. The Bertz CT molecular complexity index is 352. The molecule has 1 heterocycles. The maximum atomic E-state index is 6.00. The van der Waals surface area contributed by atoms with Gasteiger partial charge in [0.15, 0.2) is 0 Å². The van der Waals surface area contributed by atoms with Gasteiger partial charge in [-0.1, -0.05) is 46.3 Å². The number of rotatable bonds is 3. The molecule has 1 saturated heterocycles. The van der Waals surface area contributed by atoms with Crippen molar-refractivity contribution in [1.29, 1.82) is 0 Å². The Balaban J connectivity index is 2.01. The number of nitrogens with zero attached hydrogens (tertiary/aromatic N) is 1. The van der Waals surface area contributed by atoms with Gasteiger partial charge in [-0.05, 0) is 19.4 Å². The number of ether oxygens (including phenoxy) is 1. The van der Waals surface area contributed by atoms with Crippen LogP contribution in [0.25, 0.3) is 0 Å². The van der Waals surface area contributed by atoms with Crippen LogP contribution in [-0.4, -0.2) is 35.0 Å². The summed E-state index contributed by atoms with van der Waals surface area (Å²) in [6.07, 6.45) is 0.294. The lowest BCUT2D eigenvalue weighted by molar-refractivity contribution is -0.128. The summed E-state index contributed by atoms with van der Waals surface area (Å²) in [5.74, 6) is 0. The van der Waals surface area contributed by atoms with E-state index >= 15 is 0 Å². The van der Waals surface area contributed by atoms with E-state index in [1.165, 1.54) is 5.56 Å². The molecule has 0 radical (unpaired) electrons. The molecule has 2 rings (SSSR count). The molecule has 2 nitrogen and oxygen atoms in total. The summed E-state index contributed by atoms with van der Waals surface area (Å²) < 4.78 is 6.00. The van der Waals surface area contributed by atoms with E-state index in [4.69, 9.17) is 4.74 Å². The van der Waals surface area contributed by atoms with Crippen molar-refractivity contribution in [2.24, 2.45) is 0 Å². The monoisotopic (exact) mass is 297 g/mol. The molecule has 0 aliphatic carbocycles. The molecule has 1 aromatic rings. The van der Waals surface area contributed by atoms with Gasteiger partial charge in [0.05, 0.1) is 11.7 Å². The molecule has 1 atom stereocenters. The van der Waals surface area contributed by atoms with E-state index in [-0.39, 0.29) is 5.60 Å². The van der Waals surface area contributed by atoms with Crippen LogP contribution < -0.4 is 0 Å². The van der Waals surface area contributed by atoms with Crippen molar-refractivity contribution in [3.63, 3.8) is 0 Å². The van der Waals surface area contributed by atoms with Crippen LogP contribution in [-0.2, 0) is 11.3 Å². The molecule has 0 bridgehead atoms. The number of alkyl halides is 1. The molecule has 1 fully saturated rings. The van der Waals surface area contributed by atoms with Gasteiger partial charge in [-0.3, -0.25) is 4.90 Å². The number of hydrogen-bond donors (Lipinski definition) is 0. The van der Waals surface area contributed by atoms with Crippen LogP contribution in [0.4, 0.5) is 0 Å². The molecular weight excluding hydrogens is 278 g/mol. The average molecular weight is 298 g/mol. The summed E-state index contributed by atoms with van der Waals surface area (Å²) in [5, 5.41) is 0.904. The van der Waals surface area contributed by atoms with E-state index in [0.29, 0.717) is 6.10 Å². The summed E-state index contributed by atoms with van der Waals surface area (Å²) in [5.41, 5.74) is 1.32. The highest BCUT2D eigenvalue weighted by Crippen LogP contribution is 2.23. The molecule has 0 amide bonds. The lowest BCUT2D eigenvalue weighted by Gasteiger charge is -2.42. The molecule has 94 valence electrons. The van der Waals surface area contributed by atoms with Crippen LogP contribution in [0, 0.1) is 0 Å². The third kappa shape index (κ3) is 3.80. The third-order valence-electron chi connectivity index (χ3n) is 2.97. The molecule has 0 aromatic heterocycles. The van der Waals surface area contributed by atoms with E-state index in [0.717, 1.165) is 25.0 Å². The van der Waals surface area contributed by atoms with Crippen molar-refractivity contribution in [1.82, 2.24) is 4.90 Å². The van der Waals surface area contributed by atoms with Crippen LogP contribution in [0.15, 0.2) is 30.3 Å². The first-order valence-electron chi connectivity index (χ1n) is 6.09. The molecule has 3 heteroatoms. The minimum Gasteiger partial charge on any atom is -0.369 e. The lowest BCUT2D eigenvalue weighted by Crippen LogP contribution is -2.52. The van der Waals surface area contributed by atoms with Gasteiger partial charge in [-0.2, -0.15) is 0 Å². The highest BCUT2D eigenvalue weighted by molar-refractivity contribution is 9.09. The van der Waals surface area contributed by atoms with Gasteiger partial charge >= 0.3 is 0 Å². The number of halogens is 1. The zero-order valence-electron chi connectivity index (χ0n) is 10.5. The van der Waals surface area contributed by atoms with Gasteiger partial charge in [0.2, 0.25) is 0 Å². The predicted molar refractivity (Wildman–Crippen MR) is 74.5 cm³/mol. The summed E-state index contributed by atoms with van der Waals surface area (Å²) in [7, 11) is 0. The molecule has 1 aliphatic heterocycles. The molecule has 0 N–H and O–H groups in total. The second-order valence-electron chi connectivity index (χ2n) is 5.31. The standard InChI is InChI=1S/C14H20BrNO/c1-14(2)11-16(10-13(8-15)17-14)9-12-6-4-3-5-7-12/h3-7,13H,8-11H2,1-2H3/t13-/m0/s1. The fraction of sp³-hybridized carbons (Fsp3) is 0.571. The molecule has 1 aliphatic rings. The first-order chi connectivity index (χ1) is 8.09. The Morgan fingerprint density at radius 2 is 2.06 bits per heavy atom. The minimum absolute atomic E-state index is 0.0501. The Morgan fingerprint density at radius 3 is 2.71 bits per heavy atom. The Kier molecular flexibility index (Phi) is 4.23. The van der Waals surface area contributed by atoms with Crippen LogP contribution >= 0.6 is 15.9 Å². The van der Waals surface area contributed by atoms with E-state index < -0.39 is 0 Å². The fourth-order valence-corrected chi connectivity index (χ4v) is 2.80. The van der Waals surface area contributed by atoms with Crippen molar-refractivity contribution in [3.05, 3.63) is 35.9 Å². The molecule has 0 spiro atoms. The number of benzene rings is 1. The zero-order valence-corrected chi connectivity index (χ0v) is 12.1. The Labute approximate surface area is 112 Å². The normalized spacial score (nSPS) is 24.8. The van der Waals surface area contributed by atoms with Crippen molar-refractivity contribution in [3.8, 4) is 0 Å². The van der Waals surface area contributed by atoms with Gasteiger partial charge < -0.3 is 4.74 Å². The van der Waals surface area contributed by atoms with Crippen molar-refractivity contribution < 1.29 is 4.74 Å². The van der Waals surface area contributed by atoms with E-state index in [1.54, 1.807) is 0 Å². The topological polar surface area (TPSA) is 12.5 Å². The second kappa shape index (κ2) is 5.51. The van der Waals surface area contributed by atoms with Crippen molar-refractivity contribution in [2.45, 2.75) is 32.1 Å². The summed E-state index contributed by atoms with van der Waals surface area (Å²) in [6.45, 7) is 7.34. The van der Waals surface area contributed by atoms with Crippen LogP contribution in [0.3, 0.4) is 0 Å². The summed E-state index contributed by atoms with van der Waals surface area (Å²) >= 11 is 3.52. The minimum atomic E-state index is -0.0501. The van der Waals surface area contributed by atoms with Crippen molar-refractivity contribution in [2.75, 3.05) is 18.4 Å². The van der Waals surface area contributed by atoms with E-state index in [9.17, 15) is 0 Å². The van der Waals surface area contributed by atoms with Crippen LogP contribution in [0.1, 0.15) is 19.4 Å². The van der Waals surface area contributed by atoms with Crippen molar-refractivity contribution >= 4 is 15.9 Å². The first-order valence-corrected chi connectivity index (χ1v) is 7.21. The average Bonchev–Trinajstić information content (AvgIpc) is 2.28. The van der Waals surface area contributed by atoms with Gasteiger partial charge in [0.1, 0.15) is 0 Å². The largest absolute Gasteiger partial charge is 0.369 e. The maximum absolute atomic E-state index is 6.00. The van der Waals surface area contributed by atoms with Gasteiger partial charge in [-0.15, -0.1) is 0 Å². The van der Waals surface area contributed by atoms with Crippen LogP contribution in [0.5, 0.6) is 0 Å². The number of morpholine rings is 1. The number of hydrogen-bond acceptors (Lipinski definition) is 2. The lowest BCUT2D eigenvalue weighted by atomic mass is 10.0. The molecular formula is C14H20BrNO.